The van der Waals surface area contributed by atoms with Crippen LogP contribution in [0.25, 0.3) is 22.3 Å². The van der Waals surface area contributed by atoms with E-state index >= 15 is 0 Å². The van der Waals surface area contributed by atoms with Crippen LogP contribution in [0.4, 0.5) is 5.69 Å². The molecule has 0 aliphatic carbocycles. The summed E-state index contributed by atoms with van der Waals surface area (Å²) in [5.41, 5.74) is 9.08. The maximum absolute atomic E-state index is 12.4. The van der Waals surface area contributed by atoms with Crippen molar-refractivity contribution in [1.29, 1.82) is 0 Å². The maximum atomic E-state index is 12.4. The number of aromatic hydroxyl groups is 1. The Morgan fingerprint density at radius 1 is 1.13 bits per heavy atom. The molecule has 3 aromatic carbocycles. The molecule has 0 saturated carbocycles. The topological polar surface area (TPSA) is 49.8 Å². The summed E-state index contributed by atoms with van der Waals surface area (Å²) in [6.07, 6.45) is 2.18. The van der Waals surface area contributed by atoms with Crippen LogP contribution in [0.3, 0.4) is 0 Å². The van der Waals surface area contributed by atoms with Gasteiger partial charge < -0.3 is 14.1 Å². The number of benzene rings is 3. The van der Waals surface area contributed by atoms with E-state index in [-0.39, 0.29) is 18.1 Å². The fourth-order valence-corrected chi connectivity index (χ4v) is 5.34. The number of esters is 1. The number of ether oxygens (including phenoxy) is 1. The lowest BCUT2D eigenvalue weighted by molar-refractivity contribution is -0.139. The van der Waals surface area contributed by atoms with Crippen molar-refractivity contribution in [1.82, 2.24) is 0 Å². The second kappa shape index (κ2) is 8.48. The average Bonchev–Trinajstić information content (AvgIpc) is 2.76. The van der Waals surface area contributed by atoms with Gasteiger partial charge in [-0.05, 0) is 65.4 Å². The van der Waals surface area contributed by atoms with Gasteiger partial charge in [0.2, 0.25) is 0 Å². The quantitative estimate of drug-likeness (QED) is 0.370. The number of phenols is 1. The molecule has 0 atom stereocenters. The smallest absolute Gasteiger partial charge is 0.310 e. The van der Waals surface area contributed by atoms with Gasteiger partial charge in [-0.25, -0.2) is 0 Å². The van der Waals surface area contributed by atoms with E-state index < -0.39 is 0 Å². The molecule has 0 fully saturated rings. The standard InChI is InChI=1S/C25H24ClNO3S/c1-14-20(12-22(29)30-3)23(19-10-9-17(26)11-21(19)28)15(2)24-18-8-6-5-7-16(18)13-27(31-4)25(14)24/h5-11,28H,12-13H2,1-4H3. The van der Waals surface area contributed by atoms with E-state index in [1.165, 1.54) is 24.3 Å². The van der Waals surface area contributed by atoms with Gasteiger partial charge in [-0.3, -0.25) is 4.79 Å². The van der Waals surface area contributed by atoms with E-state index in [9.17, 15) is 9.90 Å². The number of hydrogen-bond acceptors (Lipinski definition) is 5. The van der Waals surface area contributed by atoms with Gasteiger partial charge in [-0.2, -0.15) is 0 Å². The molecule has 0 unspecified atom stereocenters. The van der Waals surface area contributed by atoms with Crippen molar-refractivity contribution in [2.45, 2.75) is 26.8 Å². The van der Waals surface area contributed by atoms with E-state index in [1.54, 1.807) is 18.0 Å². The van der Waals surface area contributed by atoms with Crippen LogP contribution < -0.4 is 4.31 Å². The van der Waals surface area contributed by atoms with Gasteiger partial charge in [-0.15, -0.1) is 0 Å². The van der Waals surface area contributed by atoms with Gasteiger partial charge in [0.05, 0.1) is 25.8 Å². The average molecular weight is 454 g/mol. The number of fused-ring (bicyclic) bond motifs is 3. The molecule has 4 nitrogen and oxygen atoms in total. The van der Waals surface area contributed by atoms with Gasteiger partial charge in [0, 0.05) is 22.4 Å². The predicted molar refractivity (Wildman–Crippen MR) is 129 cm³/mol. The zero-order valence-electron chi connectivity index (χ0n) is 18.0. The van der Waals surface area contributed by atoms with Crippen LogP contribution in [0.1, 0.15) is 22.3 Å². The summed E-state index contributed by atoms with van der Waals surface area (Å²) in [4.78, 5) is 12.4. The third kappa shape index (κ3) is 3.66. The largest absolute Gasteiger partial charge is 0.507 e. The van der Waals surface area contributed by atoms with Crippen LogP contribution in [0, 0.1) is 13.8 Å². The molecule has 1 aliphatic rings. The van der Waals surface area contributed by atoms with Gasteiger partial charge in [0.15, 0.2) is 0 Å². The maximum Gasteiger partial charge on any atom is 0.310 e. The Labute approximate surface area is 191 Å². The monoisotopic (exact) mass is 453 g/mol. The third-order valence-electron chi connectivity index (χ3n) is 5.94. The minimum Gasteiger partial charge on any atom is -0.507 e. The normalized spacial score (nSPS) is 12.4. The zero-order valence-corrected chi connectivity index (χ0v) is 19.5. The first-order valence-electron chi connectivity index (χ1n) is 9.99. The molecule has 1 heterocycles. The van der Waals surface area contributed by atoms with Crippen LogP contribution in [-0.4, -0.2) is 24.4 Å². The Bertz CT molecular complexity index is 1190. The van der Waals surface area contributed by atoms with Crippen molar-refractivity contribution in [3.05, 3.63) is 69.7 Å². The van der Waals surface area contributed by atoms with Crippen molar-refractivity contribution in [3.8, 4) is 28.0 Å². The molecule has 0 aromatic heterocycles. The minimum atomic E-state index is -0.316. The molecule has 0 spiro atoms. The van der Waals surface area contributed by atoms with Crippen LogP contribution in [0.2, 0.25) is 5.02 Å². The number of phenolic OH excluding ortho intramolecular Hbond substituents is 1. The van der Waals surface area contributed by atoms with E-state index in [0.717, 1.165) is 40.0 Å². The number of methoxy groups -OCH3 is 1. The molecular weight excluding hydrogens is 430 g/mol. The van der Waals surface area contributed by atoms with Gasteiger partial charge in [0.1, 0.15) is 5.75 Å². The fraction of sp³-hybridized carbons (Fsp3) is 0.240. The van der Waals surface area contributed by atoms with Crippen LogP contribution in [0.5, 0.6) is 5.75 Å². The first-order valence-corrected chi connectivity index (χ1v) is 11.5. The second-order valence-corrected chi connectivity index (χ2v) is 8.86. The lowest BCUT2D eigenvalue weighted by atomic mass is 9.81. The first kappa shape index (κ1) is 21.6. The third-order valence-corrected chi connectivity index (χ3v) is 6.93. The molecule has 160 valence electrons. The van der Waals surface area contributed by atoms with Crippen LogP contribution in [-0.2, 0) is 22.5 Å². The number of anilines is 1. The molecule has 6 heteroatoms. The van der Waals surface area contributed by atoms with Crippen molar-refractivity contribution in [3.63, 3.8) is 0 Å². The molecule has 0 radical (unpaired) electrons. The Morgan fingerprint density at radius 3 is 2.55 bits per heavy atom. The summed E-state index contributed by atoms with van der Waals surface area (Å²) in [6.45, 7) is 4.89. The number of carbonyl (C=O) groups excluding carboxylic acids is 1. The van der Waals surface area contributed by atoms with E-state index in [0.29, 0.717) is 10.6 Å². The van der Waals surface area contributed by atoms with E-state index in [4.69, 9.17) is 16.3 Å². The first-order chi connectivity index (χ1) is 14.9. The van der Waals surface area contributed by atoms with Crippen molar-refractivity contribution in [2.75, 3.05) is 17.7 Å². The summed E-state index contributed by atoms with van der Waals surface area (Å²) in [5.74, 6) is -0.226. The van der Waals surface area contributed by atoms with E-state index in [2.05, 4.69) is 35.7 Å². The number of hydrogen-bond donors (Lipinski definition) is 1. The molecule has 1 N–H and O–H groups in total. The molecule has 1 aliphatic heterocycles. The summed E-state index contributed by atoms with van der Waals surface area (Å²) in [5, 5.41) is 11.2. The number of rotatable bonds is 4. The van der Waals surface area contributed by atoms with Crippen molar-refractivity contribution < 1.29 is 14.6 Å². The highest BCUT2D eigenvalue weighted by Crippen LogP contribution is 2.51. The summed E-state index contributed by atoms with van der Waals surface area (Å²) in [7, 11) is 1.40. The summed E-state index contributed by atoms with van der Waals surface area (Å²) < 4.78 is 7.27. The molecule has 0 amide bonds. The molecule has 0 saturated heterocycles. The Balaban J connectivity index is 2.12. The molecule has 3 aromatic rings. The summed E-state index contributed by atoms with van der Waals surface area (Å²) >= 11 is 7.76. The van der Waals surface area contributed by atoms with Gasteiger partial charge in [-0.1, -0.05) is 47.8 Å². The summed E-state index contributed by atoms with van der Waals surface area (Å²) in [6, 6.07) is 13.5. The minimum absolute atomic E-state index is 0.0897. The zero-order chi connectivity index (χ0) is 22.3. The van der Waals surface area contributed by atoms with Crippen molar-refractivity contribution >= 4 is 35.2 Å². The predicted octanol–water partition coefficient (Wildman–Crippen LogP) is 6.31. The Hall–Kier alpha value is -2.63. The van der Waals surface area contributed by atoms with Crippen LogP contribution >= 0.6 is 23.5 Å². The second-order valence-electron chi connectivity index (χ2n) is 7.62. The van der Waals surface area contributed by atoms with E-state index in [1.807, 2.05) is 19.1 Å². The Kier molecular flexibility index (Phi) is 5.91. The SMILES string of the molecule is COC(=O)Cc1c(C)c2c(c(C)c1-c1ccc(Cl)cc1O)-c1ccccc1CN2SC. The lowest BCUT2D eigenvalue weighted by Crippen LogP contribution is -2.22. The lowest BCUT2D eigenvalue weighted by Gasteiger charge is -2.35. The molecule has 31 heavy (non-hydrogen) atoms. The van der Waals surface area contributed by atoms with Crippen molar-refractivity contribution in [2.24, 2.45) is 0 Å². The van der Waals surface area contributed by atoms with Crippen LogP contribution in [0.15, 0.2) is 42.5 Å². The highest BCUT2D eigenvalue weighted by atomic mass is 35.5. The highest BCUT2D eigenvalue weighted by Gasteiger charge is 2.30. The number of nitrogens with zero attached hydrogens (tertiary/aromatic N) is 1. The number of carbonyl (C=O) groups is 1. The number of halogens is 1. The fourth-order valence-electron chi connectivity index (χ4n) is 4.50. The Morgan fingerprint density at radius 2 is 1.87 bits per heavy atom. The molecule has 4 rings (SSSR count). The van der Waals surface area contributed by atoms with Gasteiger partial charge >= 0.3 is 5.97 Å². The van der Waals surface area contributed by atoms with Gasteiger partial charge in [0.25, 0.3) is 0 Å². The molecule has 0 bridgehead atoms. The highest BCUT2D eigenvalue weighted by molar-refractivity contribution is 7.99. The molecular formula is C25H24ClNO3S.